The summed E-state index contributed by atoms with van der Waals surface area (Å²) >= 11 is 0. The van der Waals surface area contributed by atoms with Crippen LogP contribution in [-0.2, 0) is 0 Å². The number of benzene rings is 2. The second-order valence-corrected chi connectivity index (χ2v) is 4.40. The zero-order chi connectivity index (χ0) is 13.9. The lowest BCUT2D eigenvalue weighted by atomic mass is 10.1. The summed E-state index contributed by atoms with van der Waals surface area (Å²) in [7, 11) is 1.58. The Balaban J connectivity index is 1.95. The van der Waals surface area contributed by atoms with Crippen molar-refractivity contribution >= 4 is 22.5 Å². The van der Waals surface area contributed by atoms with Gasteiger partial charge in [0.25, 0.3) is 5.91 Å². The second-order valence-electron chi connectivity index (χ2n) is 4.40. The molecule has 2 N–H and O–H groups in total. The number of fused-ring (bicyclic) bond motifs is 1. The fourth-order valence-corrected chi connectivity index (χ4v) is 2.21. The Morgan fingerprint density at radius 3 is 2.80 bits per heavy atom. The maximum Gasteiger partial charge on any atom is 0.257 e. The zero-order valence-corrected chi connectivity index (χ0v) is 11.0. The number of aromatic amines is 1. The molecule has 0 saturated carbocycles. The summed E-state index contributed by atoms with van der Waals surface area (Å²) in [4.78, 5) is 15.5. The van der Waals surface area contributed by atoms with Gasteiger partial charge < -0.3 is 15.0 Å². The van der Waals surface area contributed by atoms with Crippen LogP contribution in [0.5, 0.6) is 5.75 Å². The molecular weight excluding hydrogens is 252 g/mol. The Kier molecular flexibility index (Phi) is 3.13. The van der Waals surface area contributed by atoms with Crippen molar-refractivity contribution in [3.63, 3.8) is 0 Å². The highest BCUT2D eigenvalue weighted by atomic mass is 16.5. The topological polar surface area (TPSA) is 54.1 Å². The molecule has 0 saturated heterocycles. The normalized spacial score (nSPS) is 10.4. The number of para-hydroxylation sites is 3. The van der Waals surface area contributed by atoms with Gasteiger partial charge in [0, 0.05) is 11.6 Å². The number of rotatable bonds is 3. The number of methoxy groups -OCH3 is 1. The van der Waals surface area contributed by atoms with E-state index in [1.807, 2.05) is 48.7 Å². The molecule has 1 aromatic heterocycles. The summed E-state index contributed by atoms with van der Waals surface area (Å²) < 4.78 is 5.23. The van der Waals surface area contributed by atoms with E-state index in [2.05, 4.69) is 10.3 Å². The van der Waals surface area contributed by atoms with Gasteiger partial charge in [0.1, 0.15) is 5.75 Å². The minimum absolute atomic E-state index is 0.164. The minimum Gasteiger partial charge on any atom is -0.495 e. The molecule has 2 aromatic carbocycles. The van der Waals surface area contributed by atoms with Crippen LogP contribution in [0.1, 0.15) is 10.4 Å². The molecule has 3 aromatic rings. The maximum absolute atomic E-state index is 12.4. The predicted octanol–water partition coefficient (Wildman–Crippen LogP) is 3.43. The molecule has 0 unspecified atom stereocenters. The Hall–Kier alpha value is -2.75. The number of carbonyl (C=O) groups excluding carboxylic acids is 1. The molecule has 3 rings (SSSR count). The quantitative estimate of drug-likeness (QED) is 0.763. The van der Waals surface area contributed by atoms with E-state index in [9.17, 15) is 4.79 Å². The average Bonchev–Trinajstić information content (AvgIpc) is 2.96. The monoisotopic (exact) mass is 266 g/mol. The number of ether oxygens (including phenoxy) is 1. The van der Waals surface area contributed by atoms with Crippen molar-refractivity contribution in [2.75, 3.05) is 12.4 Å². The van der Waals surface area contributed by atoms with Gasteiger partial charge in [0.05, 0.1) is 23.9 Å². The molecular formula is C16H14N2O2. The highest BCUT2D eigenvalue weighted by molar-refractivity contribution is 6.12. The van der Waals surface area contributed by atoms with Crippen LogP contribution >= 0.6 is 0 Å². The third-order valence-corrected chi connectivity index (χ3v) is 3.19. The van der Waals surface area contributed by atoms with Crippen molar-refractivity contribution in [2.45, 2.75) is 0 Å². The molecule has 1 amide bonds. The van der Waals surface area contributed by atoms with Gasteiger partial charge in [-0.3, -0.25) is 4.79 Å². The molecule has 20 heavy (non-hydrogen) atoms. The Morgan fingerprint density at radius 2 is 1.95 bits per heavy atom. The highest BCUT2D eigenvalue weighted by Crippen LogP contribution is 2.25. The molecule has 4 heteroatoms. The molecule has 1 heterocycles. The average molecular weight is 266 g/mol. The third kappa shape index (κ3) is 2.12. The number of nitrogens with one attached hydrogen (secondary N) is 2. The molecule has 0 bridgehead atoms. The molecule has 0 aliphatic carbocycles. The first-order valence-corrected chi connectivity index (χ1v) is 6.30. The minimum atomic E-state index is -0.164. The van der Waals surface area contributed by atoms with E-state index in [4.69, 9.17) is 4.74 Å². The van der Waals surface area contributed by atoms with Crippen molar-refractivity contribution in [3.8, 4) is 5.75 Å². The van der Waals surface area contributed by atoms with Gasteiger partial charge in [-0.2, -0.15) is 0 Å². The lowest BCUT2D eigenvalue weighted by Gasteiger charge is -2.10. The van der Waals surface area contributed by atoms with Crippen LogP contribution in [0.4, 0.5) is 5.69 Å². The largest absolute Gasteiger partial charge is 0.495 e. The number of carbonyl (C=O) groups is 1. The van der Waals surface area contributed by atoms with Gasteiger partial charge in [-0.1, -0.05) is 24.3 Å². The molecule has 0 fully saturated rings. The van der Waals surface area contributed by atoms with Crippen LogP contribution in [0.2, 0.25) is 0 Å². The summed E-state index contributed by atoms with van der Waals surface area (Å²) in [5.74, 6) is 0.474. The van der Waals surface area contributed by atoms with E-state index >= 15 is 0 Å². The Morgan fingerprint density at radius 1 is 1.10 bits per heavy atom. The molecule has 0 atom stereocenters. The van der Waals surface area contributed by atoms with Gasteiger partial charge >= 0.3 is 0 Å². The molecule has 100 valence electrons. The summed E-state index contributed by atoms with van der Waals surface area (Å²) in [5, 5.41) is 3.89. The molecule has 0 radical (unpaired) electrons. The van der Waals surface area contributed by atoms with Crippen LogP contribution in [0, 0.1) is 0 Å². The van der Waals surface area contributed by atoms with E-state index in [1.54, 1.807) is 13.2 Å². The highest BCUT2D eigenvalue weighted by Gasteiger charge is 2.12. The summed E-state index contributed by atoms with van der Waals surface area (Å²) in [6.45, 7) is 0. The molecule has 0 aliphatic heterocycles. The summed E-state index contributed by atoms with van der Waals surface area (Å²) in [6.07, 6.45) is 1.82. The van der Waals surface area contributed by atoms with Crippen molar-refractivity contribution in [1.29, 1.82) is 0 Å². The van der Waals surface area contributed by atoms with E-state index in [0.717, 1.165) is 10.9 Å². The second kappa shape index (κ2) is 5.09. The first kappa shape index (κ1) is 12.3. The van der Waals surface area contributed by atoms with Gasteiger partial charge in [-0.15, -0.1) is 0 Å². The fourth-order valence-electron chi connectivity index (χ4n) is 2.21. The van der Waals surface area contributed by atoms with Crippen LogP contribution in [0.15, 0.2) is 54.7 Å². The van der Waals surface area contributed by atoms with Crippen LogP contribution in [0.25, 0.3) is 10.9 Å². The molecule has 0 spiro atoms. The number of amides is 1. The van der Waals surface area contributed by atoms with Gasteiger partial charge in [0.2, 0.25) is 0 Å². The van der Waals surface area contributed by atoms with Crippen LogP contribution in [-0.4, -0.2) is 18.0 Å². The van der Waals surface area contributed by atoms with Crippen LogP contribution in [0.3, 0.4) is 0 Å². The van der Waals surface area contributed by atoms with Crippen molar-refractivity contribution in [3.05, 3.63) is 60.3 Å². The van der Waals surface area contributed by atoms with Gasteiger partial charge in [-0.05, 0) is 24.3 Å². The zero-order valence-electron chi connectivity index (χ0n) is 11.0. The number of aromatic nitrogens is 1. The van der Waals surface area contributed by atoms with Crippen LogP contribution < -0.4 is 10.1 Å². The lowest BCUT2D eigenvalue weighted by molar-refractivity contribution is 0.102. The van der Waals surface area contributed by atoms with E-state index in [-0.39, 0.29) is 5.91 Å². The van der Waals surface area contributed by atoms with Crippen molar-refractivity contribution in [2.24, 2.45) is 0 Å². The number of H-pyrrole nitrogens is 1. The van der Waals surface area contributed by atoms with E-state index in [1.165, 1.54) is 0 Å². The Bertz CT molecular complexity index is 762. The van der Waals surface area contributed by atoms with Gasteiger partial charge in [-0.25, -0.2) is 0 Å². The standard InChI is InChI=1S/C16H14N2O2/c1-20-14-8-3-2-7-13(14)18-16(19)12-6-4-5-11-9-10-17-15(11)12/h2-10,17H,1H3,(H,18,19). The SMILES string of the molecule is COc1ccccc1NC(=O)c1cccc2cc[nH]c12. The molecule has 0 aliphatic rings. The van der Waals surface area contributed by atoms with E-state index in [0.29, 0.717) is 17.0 Å². The summed E-state index contributed by atoms with van der Waals surface area (Å²) in [6, 6.07) is 14.9. The van der Waals surface area contributed by atoms with Gasteiger partial charge in [0.15, 0.2) is 0 Å². The van der Waals surface area contributed by atoms with E-state index < -0.39 is 0 Å². The number of anilines is 1. The fraction of sp³-hybridized carbons (Fsp3) is 0.0625. The predicted molar refractivity (Wildman–Crippen MR) is 79.2 cm³/mol. The number of hydrogen-bond acceptors (Lipinski definition) is 2. The third-order valence-electron chi connectivity index (χ3n) is 3.19. The molecule has 4 nitrogen and oxygen atoms in total. The first-order valence-electron chi connectivity index (χ1n) is 6.30. The Labute approximate surface area is 116 Å². The number of hydrogen-bond donors (Lipinski definition) is 2. The van der Waals surface area contributed by atoms with Crippen molar-refractivity contribution < 1.29 is 9.53 Å². The maximum atomic E-state index is 12.4. The first-order chi connectivity index (χ1) is 9.79. The summed E-state index contributed by atoms with van der Waals surface area (Å²) in [5.41, 5.74) is 2.10. The lowest BCUT2D eigenvalue weighted by Crippen LogP contribution is -2.13. The smallest absolute Gasteiger partial charge is 0.257 e. The van der Waals surface area contributed by atoms with Crippen molar-refractivity contribution in [1.82, 2.24) is 4.98 Å².